The number of methoxy groups -OCH3 is 1. The molecule has 0 radical (unpaired) electrons. The lowest BCUT2D eigenvalue weighted by molar-refractivity contribution is -0.126. The molecule has 0 bridgehead atoms. The van der Waals surface area contributed by atoms with Gasteiger partial charge in [-0.1, -0.05) is 12.5 Å². The maximum Gasteiger partial charge on any atom is 0.315 e. The minimum atomic E-state index is -0.324. The quantitative estimate of drug-likeness (QED) is 0.0256. The zero-order valence-electron chi connectivity index (χ0n) is 38.9. The van der Waals surface area contributed by atoms with Gasteiger partial charge >= 0.3 is 6.03 Å². The SMILES string of the molecule is COc1cc2c(cc1OCCOCCOCCNC(=O)CCC(=O)NCCCOCCOCCOCCCNC(=O)CCCCC1SCC3NC(=O)NC31)Cc1c-2n[nH]c1Nc1cccc(F)c1. The molecule has 1 aromatic heterocycles. The Labute approximate surface area is 401 Å². The highest BCUT2D eigenvalue weighted by atomic mass is 32.2. The fraction of sp³-hybridized carbons (Fsp3) is 0.596. The third kappa shape index (κ3) is 17.4. The summed E-state index contributed by atoms with van der Waals surface area (Å²) in [6, 6.07) is 10.5. The second-order valence-electron chi connectivity index (χ2n) is 16.4. The van der Waals surface area contributed by atoms with Gasteiger partial charge in [0.25, 0.3) is 0 Å². The number of amides is 5. The van der Waals surface area contributed by atoms with Crippen molar-refractivity contribution in [1.29, 1.82) is 0 Å². The molecule has 6 rings (SSSR count). The van der Waals surface area contributed by atoms with Gasteiger partial charge in [0.05, 0.1) is 77.7 Å². The molecule has 21 heteroatoms. The number of carbonyl (C=O) groups is 4. The molecule has 2 fully saturated rings. The second kappa shape index (κ2) is 29.0. The number of unbranched alkanes of at least 4 members (excludes halogenated alkanes) is 1. The van der Waals surface area contributed by atoms with Gasteiger partial charge in [-0.15, -0.1) is 0 Å². The van der Waals surface area contributed by atoms with Crippen LogP contribution in [0.4, 0.5) is 20.7 Å². The van der Waals surface area contributed by atoms with Crippen LogP contribution in [0.3, 0.4) is 0 Å². The van der Waals surface area contributed by atoms with Crippen LogP contribution in [-0.2, 0) is 44.5 Å². The summed E-state index contributed by atoms with van der Waals surface area (Å²) >= 11 is 1.90. The van der Waals surface area contributed by atoms with E-state index in [2.05, 4.69) is 42.1 Å². The lowest BCUT2D eigenvalue weighted by Gasteiger charge is -2.16. The van der Waals surface area contributed by atoms with Gasteiger partial charge in [-0.25, -0.2) is 9.18 Å². The molecule has 0 saturated carbocycles. The normalized spacial score (nSPS) is 16.6. The van der Waals surface area contributed by atoms with Crippen molar-refractivity contribution in [3.05, 3.63) is 53.3 Å². The maximum atomic E-state index is 13.7. The molecule has 2 aromatic carbocycles. The summed E-state index contributed by atoms with van der Waals surface area (Å²) < 4.78 is 53.1. The molecule has 3 unspecified atom stereocenters. The van der Waals surface area contributed by atoms with E-state index in [9.17, 15) is 23.6 Å². The number of nitrogens with one attached hydrogen (secondary N) is 7. The van der Waals surface area contributed by atoms with Gasteiger partial charge in [-0.2, -0.15) is 16.9 Å². The molecule has 68 heavy (non-hydrogen) atoms. The number of halogens is 1. The number of urea groups is 1. The van der Waals surface area contributed by atoms with Crippen molar-refractivity contribution >= 4 is 47.0 Å². The second-order valence-corrected chi connectivity index (χ2v) is 17.7. The van der Waals surface area contributed by atoms with Crippen LogP contribution in [0, 0.1) is 5.82 Å². The van der Waals surface area contributed by atoms with E-state index >= 15 is 0 Å². The molecule has 3 aromatic rings. The summed E-state index contributed by atoms with van der Waals surface area (Å²) in [6.07, 6.45) is 5.50. The lowest BCUT2D eigenvalue weighted by Crippen LogP contribution is -2.36. The summed E-state index contributed by atoms with van der Waals surface area (Å²) in [4.78, 5) is 47.9. The van der Waals surface area contributed by atoms with Crippen LogP contribution in [0.5, 0.6) is 11.5 Å². The molecule has 3 atom stereocenters. The summed E-state index contributed by atoms with van der Waals surface area (Å²) in [6.45, 7) is 5.81. The van der Waals surface area contributed by atoms with E-state index < -0.39 is 0 Å². The van der Waals surface area contributed by atoms with Gasteiger partial charge in [0.1, 0.15) is 18.2 Å². The van der Waals surface area contributed by atoms with Gasteiger partial charge in [-0.3, -0.25) is 19.5 Å². The summed E-state index contributed by atoms with van der Waals surface area (Å²) in [5, 5.41) is 25.6. The summed E-state index contributed by atoms with van der Waals surface area (Å²) in [5.74, 6) is 2.15. The molecule has 3 aliphatic rings. The van der Waals surface area contributed by atoms with Crippen LogP contribution in [-0.4, -0.2) is 156 Å². The van der Waals surface area contributed by atoms with E-state index in [1.165, 1.54) is 12.1 Å². The van der Waals surface area contributed by atoms with Crippen molar-refractivity contribution in [3.63, 3.8) is 0 Å². The molecule has 3 heterocycles. The Bertz CT molecular complexity index is 2060. The Morgan fingerprint density at radius 1 is 0.735 bits per heavy atom. The number of benzene rings is 2. The highest BCUT2D eigenvalue weighted by Crippen LogP contribution is 2.44. The standard InChI is InChI=1S/C47H67FN8O11S/c1-61-38-30-35-32(27-36-44(35)55-56-46(36)52-34-8-4-7-33(48)29-34)28-39(38)67-26-25-66-24-21-64-18-15-51-43(59)12-11-42(58)50-14-6-17-63-20-23-65-22-19-62-16-5-13-49-41(57)10-3-2-9-40-45-37(31-68-40)53-47(60)54-45/h4,7-8,28-30,37,40,45H,2-3,5-6,9-27,31H2,1H3,(H,49,57)(H,50,58)(H,51,59)(H2,52,55,56)(H2,53,54,60). The van der Waals surface area contributed by atoms with Gasteiger partial charge < -0.3 is 65.1 Å². The number of H-pyrrole nitrogens is 1. The first-order valence-electron chi connectivity index (χ1n) is 23.6. The van der Waals surface area contributed by atoms with E-state index in [1.54, 1.807) is 19.2 Å². The molecule has 2 aliphatic heterocycles. The number of aromatic nitrogens is 2. The van der Waals surface area contributed by atoms with E-state index in [1.807, 2.05) is 23.9 Å². The zero-order valence-corrected chi connectivity index (χ0v) is 39.7. The fourth-order valence-electron chi connectivity index (χ4n) is 7.91. The number of rotatable bonds is 35. The van der Waals surface area contributed by atoms with Crippen molar-refractivity contribution in [3.8, 4) is 22.8 Å². The third-order valence-electron chi connectivity index (χ3n) is 11.4. The number of hydrogen-bond acceptors (Lipinski definition) is 14. The summed E-state index contributed by atoms with van der Waals surface area (Å²) in [7, 11) is 1.58. The predicted molar refractivity (Wildman–Crippen MR) is 254 cm³/mol. The van der Waals surface area contributed by atoms with Crippen LogP contribution in [0.1, 0.15) is 62.5 Å². The smallest absolute Gasteiger partial charge is 0.315 e. The number of thioether (sulfide) groups is 1. The molecule has 7 N–H and O–H groups in total. The van der Waals surface area contributed by atoms with E-state index in [4.69, 9.17) is 33.2 Å². The number of carbonyl (C=O) groups excluding carboxylic acids is 4. The number of nitrogens with zero attached hydrogens (tertiary/aromatic N) is 1. The first-order chi connectivity index (χ1) is 33.3. The van der Waals surface area contributed by atoms with Crippen molar-refractivity contribution < 1.29 is 56.7 Å². The Morgan fingerprint density at radius 3 is 2.07 bits per heavy atom. The van der Waals surface area contributed by atoms with Crippen LogP contribution in [0.15, 0.2) is 36.4 Å². The van der Waals surface area contributed by atoms with Crippen LogP contribution < -0.4 is 41.4 Å². The first-order valence-corrected chi connectivity index (χ1v) is 24.6. The highest BCUT2D eigenvalue weighted by molar-refractivity contribution is 8.00. The number of aromatic amines is 1. The average Bonchev–Trinajstić information content (AvgIpc) is 4.10. The first kappa shape index (κ1) is 52.2. The minimum Gasteiger partial charge on any atom is -0.493 e. The minimum absolute atomic E-state index is 0.0588. The van der Waals surface area contributed by atoms with E-state index in [0.29, 0.717) is 140 Å². The predicted octanol–water partition coefficient (Wildman–Crippen LogP) is 3.97. The molecule has 5 amide bonds. The van der Waals surface area contributed by atoms with Crippen LogP contribution in [0.25, 0.3) is 11.3 Å². The number of anilines is 2. The van der Waals surface area contributed by atoms with Crippen molar-refractivity contribution in [2.75, 3.05) is 110 Å². The van der Waals surface area contributed by atoms with Crippen LogP contribution in [0.2, 0.25) is 0 Å². The average molecular weight is 971 g/mol. The topological polar surface area (TPSA) is 234 Å². The third-order valence-corrected chi connectivity index (χ3v) is 12.9. The van der Waals surface area contributed by atoms with Crippen molar-refractivity contribution in [2.45, 2.75) is 75.1 Å². The molecule has 19 nitrogen and oxygen atoms in total. The van der Waals surface area contributed by atoms with E-state index in [-0.39, 0.29) is 54.5 Å². The molecule has 0 spiro atoms. The van der Waals surface area contributed by atoms with E-state index in [0.717, 1.165) is 53.8 Å². The summed E-state index contributed by atoms with van der Waals surface area (Å²) in [5.41, 5.74) is 4.40. The Morgan fingerprint density at radius 2 is 1.38 bits per heavy atom. The largest absolute Gasteiger partial charge is 0.493 e. The molecule has 1 aliphatic carbocycles. The van der Waals surface area contributed by atoms with Gasteiger partial charge in [0.2, 0.25) is 17.7 Å². The van der Waals surface area contributed by atoms with Gasteiger partial charge in [-0.05, 0) is 61.6 Å². The maximum absolute atomic E-state index is 13.7. The van der Waals surface area contributed by atoms with Crippen LogP contribution >= 0.6 is 11.8 Å². The highest BCUT2D eigenvalue weighted by Gasteiger charge is 2.42. The fourth-order valence-corrected chi connectivity index (χ4v) is 9.46. The molecule has 2 saturated heterocycles. The zero-order chi connectivity index (χ0) is 47.8. The molecule has 374 valence electrons. The Hall–Kier alpha value is -5.19. The number of ether oxygens (including phenoxy) is 7. The van der Waals surface area contributed by atoms with Gasteiger partial charge in [0, 0.05) is 86.3 Å². The monoisotopic (exact) mass is 970 g/mol. The van der Waals surface area contributed by atoms with Gasteiger partial charge in [0.15, 0.2) is 11.5 Å². The molecular weight excluding hydrogens is 904 g/mol. The number of fused-ring (bicyclic) bond motifs is 4. The Balaban J connectivity index is 0.655. The lowest BCUT2D eigenvalue weighted by atomic mass is 10.0. The van der Waals surface area contributed by atoms with Crippen molar-refractivity contribution in [1.82, 2.24) is 36.8 Å². The number of hydrogen-bond donors (Lipinski definition) is 7. The van der Waals surface area contributed by atoms with Crippen molar-refractivity contribution in [2.24, 2.45) is 0 Å². The Kier molecular flexibility index (Phi) is 22.2. The molecular formula is C47H67FN8O11S.